The molecule has 1 aromatic heterocycles. The summed E-state index contributed by atoms with van der Waals surface area (Å²) in [4.78, 5) is 10.5. The van der Waals surface area contributed by atoms with Crippen molar-refractivity contribution >= 4 is 6.29 Å². The van der Waals surface area contributed by atoms with Crippen molar-refractivity contribution in [3.8, 4) is 17.4 Å². The average Bonchev–Trinajstić information content (AvgIpc) is 2.85. The van der Waals surface area contributed by atoms with Gasteiger partial charge in [0.1, 0.15) is 5.76 Å². The number of carbonyl (C=O) groups is 1. The number of hydrogen-bond acceptors (Lipinski definition) is 3. The first-order chi connectivity index (χ1) is 8.95. The highest BCUT2D eigenvalue weighted by Crippen LogP contribution is 2.38. The van der Waals surface area contributed by atoms with E-state index in [1.807, 2.05) is 0 Å². The van der Waals surface area contributed by atoms with Gasteiger partial charge in [0, 0.05) is 5.56 Å². The second kappa shape index (κ2) is 4.61. The van der Waals surface area contributed by atoms with E-state index in [4.69, 9.17) is 9.68 Å². The van der Waals surface area contributed by atoms with Crippen molar-refractivity contribution < 1.29 is 22.4 Å². The topological polar surface area (TPSA) is 54.0 Å². The van der Waals surface area contributed by atoms with Crippen LogP contribution < -0.4 is 0 Å². The Balaban J connectivity index is 2.63. The van der Waals surface area contributed by atoms with Gasteiger partial charge in [0.25, 0.3) is 0 Å². The minimum atomic E-state index is -4.61. The molecule has 1 aromatic carbocycles. The van der Waals surface area contributed by atoms with E-state index in [2.05, 4.69) is 0 Å². The second-order valence-corrected chi connectivity index (χ2v) is 3.69. The molecule has 96 valence electrons. The molecule has 0 unspecified atom stereocenters. The fourth-order valence-electron chi connectivity index (χ4n) is 1.62. The number of alkyl halides is 3. The third kappa shape index (κ3) is 2.50. The molecular weight excluding hydrogens is 259 g/mol. The number of benzene rings is 1. The van der Waals surface area contributed by atoms with Crippen LogP contribution >= 0.6 is 0 Å². The first-order valence-corrected chi connectivity index (χ1v) is 5.12. The third-order valence-corrected chi connectivity index (χ3v) is 2.46. The Morgan fingerprint density at radius 2 is 1.95 bits per heavy atom. The first kappa shape index (κ1) is 12.9. The Hall–Kier alpha value is -2.55. The van der Waals surface area contributed by atoms with Gasteiger partial charge in [-0.15, -0.1) is 0 Å². The van der Waals surface area contributed by atoms with Crippen LogP contribution in [-0.2, 0) is 6.18 Å². The molecule has 2 aromatic rings. The highest BCUT2D eigenvalue weighted by Gasteiger charge is 2.34. The van der Waals surface area contributed by atoms with Crippen LogP contribution in [0.25, 0.3) is 11.3 Å². The molecule has 0 N–H and O–H groups in total. The predicted molar refractivity (Wildman–Crippen MR) is 59.2 cm³/mol. The number of halogens is 3. The summed E-state index contributed by atoms with van der Waals surface area (Å²) >= 11 is 0. The van der Waals surface area contributed by atoms with Gasteiger partial charge in [0.15, 0.2) is 12.0 Å². The van der Waals surface area contributed by atoms with Crippen LogP contribution in [0.3, 0.4) is 0 Å². The van der Waals surface area contributed by atoms with Gasteiger partial charge in [-0.2, -0.15) is 18.4 Å². The lowest BCUT2D eigenvalue weighted by atomic mass is 10.0. The van der Waals surface area contributed by atoms with Gasteiger partial charge in [0.2, 0.25) is 0 Å². The molecule has 6 heteroatoms. The number of nitrogens with zero attached hydrogens (tertiary/aromatic N) is 1. The van der Waals surface area contributed by atoms with E-state index in [0.717, 1.165) is 12.1 Å². The molecule has 0 aliphatic heterocycles. The molecule has 0 saturated heterocycles. The van der Waals surface area contributed by atoms with Crippen LogP contribution in [0.2, 0.25) is 0 Å². The first-order valence-electron chi connectivity index (χ1n) is 5.12. The quantitative estimate of drug-likeness (QED) is 0.779. The number of rotatable bonds is 2. The fraction of sp³-hybridized carbons (Fsp3) is 0.0769. The van der Waals surface area contributed by atoms with E-state index in [9.17, 15) is 18.0 Å². The van der Waals surface area contributed by atoms with Gasteiger partial charge in [-0.25, -0.2) is 0 Å². The summed E-state index contributed by atoms with van der Waals surface area (Å²) in [6.45, 7) is 0. The zero-order chi connectivity index (χ0) is 14.0. The van der Waals surface area contributed by atoms with Crippen LogP contribution in [0.1, 0.15) is 21.7 Å². The molecule has 0 spiro atoms. The smallest absolute Gasteiger partial charge is 0.417 e. The van der Waals surface area contributed by atoms with E-state index < -0.39 is 11.7 Å². The summed E-state index contributed by atoms with van der Waals surface area (Å²) in [5, 5.41) is 8.64. The number of furan rings is 1. The van der Waals surface area contributed by atoms with Crippen LogP contribution in [-0.4, -0.2) is 6.29 Å². The third-order valence-electron chi connectivity index (χ3n) is 2.46. The number of aldehydes is 1. The summed E-state index contributed by atoms with van der Waals surface area (Å²) in [7, 11) is 0. The molecule has 3 nitrogen and oxygen atoms in total. The highest BCUT2D eigenvalue weighted by molar-refractivity contribution is 5.73. The zero-order valence-corrected chi connectivity index (χ0v) is 9.36. The van der Waals surface area contributed by atoms with Crippen molar-refractivity contribution in [2.24, 2.45) is 0 Å². The van der Waals surface area contributed by atoms with E-state index in [-0.39, 0.29) is 22.6 Å². The van der Waals surface area contributed by atoms with E-state index >= 15 is 0 Å². The molecule has 2 rings (SSSR count). The monoisotopic (exact) mass is 265 g/mol. The van der Waals surface area contributed by atoms with Crippen molar-refractivity contribution in [3.63, 3.8) is 0 Å². The molecule has 0 fully saturated rings. The average molecular weight is 265 g/mol. The summed E-state index contributed by atoms with van der Waals surface area (Å²) < 4.78 is 43.7. The van der Waals surface area contributed by atoms with Gasteiger partial charge >= 0.3 is 6.18 Å². The van der Waals surface area contributed by atoms with Crippen LogP contribution in [0.15, 0.2) is 34.7 Å². The molecule has 0 aliphatic rings. The summed E-state index contributed by atoms with van der Waals surface area (Å²) in [5.74, 6) is -0.133. The minimum Gasteiger partial charge on any atom is -0.453 e. The SMILES string of the molecule is N#Cc1ccc(-c2ccc(C=O)o2)c(C(F)(F)F)c1. The lowest BCUT2D eigenvalue weighted by molar-refractivity contribution is -0.137. The summed E-state index contributed by atoms with van der Waals surface area (Å²) in [5.41, 5.74) is -1.28. The number of nitriles is 1. The molecule has 0 saturated carbocycles. The standard InChI is InChI=1S/C13H6F3NO2/c14-13(15,16)11-5-8(6-17)1-3-10(11)12-4-2-9(7-18)19-12/h1-5,7H. The van der Waals surface area contributed by atoms with Crippen LogP contribution in [0.4, 0.5) is 13.2 Å². The zero-order valence-electron chi connectivity index (χ0n) is 9.36. The molecule has 0 amide bonds. The van der Waals surface area contributed by atoms with Gasteiger partial charge in [-0.3, -0.25) is 4.79 Å². The number of hydrogen-bond donors (Lipinski definition) is 0. The fourth-order valence-corrected chi connectivity index (χ4v) is 1.62. The maximum atomic E-state index is 12.9. The normalized spacial score (nSPS) is 11.1. The Bertz CT molecular complexity index is 665. The van der Waals surface area contributed by atoms with Gasteiger partial charge in [-0.05, 0) is 30.3 Å². The van der Waals surface area contributed by atoms with Crippen molar-refractivity contribution in [1.82, 2.24) is 0 Å². The Morgan fingerprint density at radius 1 is 1.21 bits per heavy atom. The molecule has 0 bridgehead atoms. The molecular formula is C13H6F3NO2. The van der Waals surface area contributed by atoms with Crippen molar-refractivity contribution in [2.45, 2.75) is 6.18 Å². The van der Waals surface area contributed by atoms with Gasteiger partial charge < -0.3 is 4.42 Å². The minimum absolute atomic E-state index is 0.0625. The Morgan fingerprint density at radius 3 is 2.47 bits per heavy atom. The van der Waals surface area contributed by atoms with Crippen molar-refractivity contribution in [2.75, 3.05) is 0 Å². The summed E-state index contributed by atoms with van der Waals surface area (Å²) in [6, 6.07) is 7.36. The molecule has 19 heavy (non-hydrogen) atoms. The van der Waals surface area contributed by atoms with Gasteiger partial charge in [0.05, 0.1) is 17.2 Å². The molecule has 0 radical (unpaired) electrons. The van der Waals surface area contributed by atoms with Gasteiger partial charge in [-0.1, -0.05) is 0 Å². The van der Waals surface area contributed by atoms with Crippen molar-refractivity contribution in [1.29, 1.82) is 5.26 Å². The van der Waals surface area contributed by atoms with E-state index in [0.29, 0.717) is 6.29 Å². The predicted octanol–water partition coefficient (Wildman–Crippen LogP) is 3.65. The second-order valence-electron chi connectivity index (χ2n) is 3.69. The molecule has 0 aliphatic carbocycles. The van der Waals surface area contributed by atoms with E-state index in [1.165, 1.54) is 18.2 Å². The van der Waals surface area contributed by atoms with Crippen LogP contribution in [0.5, 0.6) is 0 Å². The van der Waals surface area contributed by atoms with E-state index in [1.54, 1.807) is 6.07 Å². The lowest BCUT2D eigenvalue weighted by Gasteiger charge is -2.11. The molecule has 0 atom stereocenters. The Kier molecular flexibility index (Phi) is 3.13. The Labute approximate surface area is 105 Å². The lowest BCUT2D eigenvalue weighted by Crippen LogP contribution is -2.07. The largest absolute Gasteiger partial charge is 0.453 e. The van der Waals surface area contributed by atoms with Crippen molar-refractivity contribution in [3.05, 3.63) is 47.2 Å². The maximum Gasteiger partial charge on any atom is 0.417 e. The molecule has 1 heterocycles. The number of carbonyl (C=O) groups excluding carboxylic acids is 1. The maximum absolute atomic E-state index is 12.9. The van der Waals surface area contributed by atoms with Crippen LogP contribution in [0, 0.1) is 11.3 Å². The summed E-state index contributed by atoms with van der Waals surface area (Å²) in [6.07, 6.45) is -4.21. The highest BCUT2D eigenvalue weighted by atomic mass is 19.4.